The summed E-state index contributed by atoms with van der Waals surface area (Å²) in [5.74, 6) is -0.402. The lowest BCUT2D eigenvalue weighted by Crippen LogP contribution is -2.41. The van der Waals surface area contributed by atoms with Crippen molar-refractivity contribution in [2.75, 3.05) is 6.54 Å². The monoisotopic (exact) mass is 280 g/mol. The van der Waals surface area contributed by atoms with Gasteiger partial charge in [0, 0.05) is 19.1 Å². The fourth-order valence-electron chi connectivity index (χ4n) is 1.95. The molecule has 0 spiro atoms. The van der Waals surface area contributed by atoms with Crippen LogP contribution in [0.25, 0.3) is 11.0 Å². The van der Waals surface area contributed by atoms with E-state index in [1.165, 1.54) is 22.8 Å². The Morgan fingerprint density at radius 1 is 1.45 bits per heavy atom. The van der Waals surface area contributed by atoms with Gasteiger partial charge >= 0.3 is 11.7 Å². The van der Waals surface area contributed by atoms with Crippen molar-refractivity contribution < 1.29 is 9.18 Å². The number of hydrogen-bond acceptors (Lipinski definition) is 2. The van der Waals surface area contributed by atoms with Gasteiger partial charge in [-0.1, -0.05) is 0 Å². The van der Waals surface area contributed by atoms with E-state index in [-0.39, 0.29) is 17.8 Å². The number of aromatic amines is 1. The second kappa shape index (κ2) is 5.77. The van der Waals surface area contributed by atoms with Gasteiger partial charge in [0.25, 0.3) is 0 Å². The van der Waals surface area contributed by atoms with E-state index in [1.54, 1.807) is 0 Å². The van der Waals surface area contributed by atoms with Crippen LogP contribution in [0.3, 0.4) is 0 Å². The van der Waals surface area contributed by atoms with Crippen LogP contribution in [0, 0.1) is 5.82 Å². The first-order valence-electron chi connectivity index (χ1n) is 6.40. The minimum Gasteiger partial charge on any atom is -0.336 e. The molecule has 6 nitrogen and oxygen atoms in total. The van der Waals surface area contributed by atoms with Crippen molar-refractivity contribution >= 4 is 17.1 Å². The van der Waals surface area contributed by atoms with Gasteiger partial charge < -0.3 is 15.6 Å². The van der Waals surface area contributed by atoms with Gasteiger partial charge in [-0.2, -0.15) is 0 Å². The fraction of sp³-hybridized carbons (Fsp3) is 0.385. The maximum atomic E-state index is 13.1. The molecule has 0 radical (unpaired) electrons. The van der Waals surface area contributed by atoms with Gasteiger partial charge in [0.1, 0.15) is 5.82 Å². The van der Waals surface area contributed by atoms with Gasteiger partial charge in [0.15, 0.2) is 0 Å². The lowest BCUT2D eigenvalue weighted by molar-refractivity contribution is 0.238. The maximum absolute atomic E-state index is 13.1. The Balaban J connectivity index is 2.05. The molecule has 20 heavy (non-hydrogen) atoms. The summed E-state index contributed by atoms with van der Waals surface area (Å²) in [6, 6.07) is 3.88. The summed E-state index contributed by atoms with van der Waals surface area (Å²) in [6.45, 7) is 4.34. The molecule has 3 N–H and O–H groups in total. The molecule has 1 heterocycles. The first-order valence-corrected chi connectivity index (χ1v) is 6.40. The molecule has 1 aromatic heterocycles. The van der Waals surface area contributed by atoms with Crippen molar-refractivity contribution in [2.24, 2.45) is 0 Å². The van der Waals surface area contributed by atoms with Crippen molar-refractivity contribution in [3.63, 3.8) is 0 Å². The number of rotatable bonds is 4. The third kappa shape index (κ3) is 3.17. The summed E-state index contributed by atoms with van der Waals surface area (Å²) in [5.41, 5.74) is 0.737. The fourth-order valence-corrected chi connectivity index (χ4v) is 1.95. The zero-order valence-corrected chi connectivity index (χ0v) is 11.4. The molecule has 0 unspecified atom stereocenters. The predicted octanol–water partition coefficient (Wildman–Crippen LogP) is 1.18. The van der Waals surface area contributed by atoms with Crippen molar-refractivity contribution in [3.05, 3.63) is 34.5 Å². The van der Waals surface area contributed by atoms with E-state index in [0.29, 0.717) is 24.1 Å². The van der Waals surface area contributed by atoms with Gasteiger partial charge in [-0.15, -0.1) is 0 Å². The summed E-state index contributed by atoms with van der Waals surface area (Å²) in [4.78, 5) is 25.7. The molecular weight excluding hydrogens is 263 g/mol. The number of benzene rings is 1. The quantitative estimate of drug-likeness (QED) is 0.786. The first kappa shape index (κ1) is 14.1. The van der Waals surface area contributed by atoms with Crippen molar-refractivity contribution in [3.8, 4) is 0 Å². The molecular formula is C13H17FN4O2. The van der Waals surface area contributed by atoms with Crippen LogP contribution in [-0.4, -0.2) is 28.2 Å². The molecule has 2 amide bonds. The molecule has 108 valence electrons. The number of carbonyl (C=O) groups excluding carboxylic acids is 1. The number of aromatic nitrogens is 2. The van der Waals surface area contributed by atoms with Gasteiger partial charge in [-0.3, -0.25) is 4.57 Å². The SMILES string of the molecule is CC(C)NC(=O)NCCn1c(=O)[nH]c2cc(F)ccc21. The Bertz CT molecular complexity index is 675. The highest BCUT2D eigenvalue weighted by atomic mass is 19.1. The Labute approximate surface area is 115 Å². The molecule has 0 bridgehead atoms. The number of imidazole rings is 1. The standard InChI is InChI=1S/C13H17FN4O2/c1-8(2)16-12(19)15-5-6-18-11-4-3-9(14)7-10(11)17-13(18)20/h3-4,7-8H,5-6H2,1-2H3,(H,17,20)(H2,15,16,19). The van der Waals surface area contributed by atoms with Gasteiger partial charge in [0.2, 0.25) is 0 Å². The minimum absolute atomic E-state index is 0.0498. The Hall–Kier alpha value is -2.31. The number of nitrogens with zero attached hydrogens (tertiary/aromatic N) is 1. The topological polar surface area (TPSA) is 78.9 Å². The second-order valence-electron chi connectivity index (χ2n) is 4.80. The second-order valence-corrected chi connectivity index (χ2v) is 4.80. The molecule has 0 saturated carbocycles. The number of amides is 2. The number of halogens is 1. The molecule has 0 aliphatic rings. The van der Waals surface area contributed by atoms with Crippen LogP contribution in [0.5, 0.6) is 0 Å². The summed E-state index contributed by atoms with van der Waals surface area (Å²) < 4.78 is 14.5. The normalized spacial score (nSPS) is 11.0. The number of fused-ring (bicyclic) bond motifs is 1. The lowest BCUT2D eigenvalue weighted by Gasteiger charge is -2.10. The summed E-state index contributed by atoms with van der Waals surface area (Å²) >= 11 is 0. The Morgan fingerprint density at radius 3 is 2.90 bits per heavy atom. The highest BCUT2D eigenvalue weighted by molar-refractivity contribution is 5.75. The molecule has 0 saturated heterocycles. The Kier molecular flexibility index (Phi) is 4.07. The van der Waals surface area contributed by atoms with Gasteiger partial charge in [-0.25, -0.2) is 14.0 Å². The third-order valence-corrected chi connectivity index (χ3v) is 2.78. The largest absolute Gasteiger partial charge is 0.336 e. The van der Waals surface area contributed by atoms with Crippen molar-refractivity contribution in [2.45, 2.75) is 26.4 Å². The smallest absolute Gasteiger partial charge is 0.326 e. The van der Waals surface area contributed by atoms with Crippen LogP contribution < -0.4 is 16.3 Å². The van der Waals surface area contributed by atoms with E-state index in [2.05, 4.69) is 15.6 Å². The highest BCUT2D eigenvalue weighted by Crippen LogP contribution is 2.11. The van der Waals surface area contributed by atoms with E-state index in [0.717, 1.165) is 0 Å². The van der Waals surface area contributed by atoms with Crippen LogP contribution in [0.15, 0.2) is 23.0 Å². The van der Waals surface area contributed by atoms with Crippen LogP contribution >= 0.6 is 0 Å². The minimum atomic E-state index is -0.402. The molecule has 1 aromatic carbocycles. The Morgan fingerprint density at radius 2 is 2.20 bits per heavy atom. The number of carbonyl (C=O) groups is 1. The lowest BCUT2D eigenvalue weighted by atomic mass is 10.3. The first-order chi connectivity index (χ1) is 9.47. The van der Waals surface area contributed by atoms with Crippen LogP contribution in [0.2, 0.25) is 0 Å². The van der Waals surface area contributed by atoms with Crippen LogP contribution in [0.4, 0.5) is 9.18 Å². The van der Waals surface area contributed by atoms with Gasteiger partial charge in [-0.05, 0) is 32.0 Å². The molecule has 0 aliphatic carbocycles. The average molecular weight is 280 g/mol. The highest BCUT2D eigenvalue weighted by Gasteiger charge is 2.08. The molecule has 2 rings (SSSR count). The molecule has 0 aliphatic heterocycles. The number of H-pyrrole nitrogens is 1. The average Bonchev–Trinajstić information content (AvgIpc) is 2.64. The molecule has 7 heteroatoms. The number of urea groups is 1. The third-order valence-electron chi connectivity index (χ3n) is 2.78. The van der Waals surface area contributed by atoms with Gasteiger partial charge in [0.05, 0.1) is 11.0 Å². The van der Waals surface area contributed by atoms with E-state index >= 15 is 0 Å². The number of nitrogens with one attached hydrogen (secondary N) is 3. The van der Waals surface area contributed by atoms with Crippen molar-refractivity contribution in [1.29, 1.82) is 0 Å². The number of hydrogen-bond donors (Lipinski definition) is 3. The van der Waals surface area contributed by atoms with E-state index < -0.39 is 5.82 Å². The molecule has 2 aromatic rings. The van der Waals surface area contributed by atoms with E-state index in [9.17, 15) is 14.0 Å². The maximum Gasteiger partial charge on any atom is 0.326 e. The summed E-state index contributed by atoms with van der Waals surface area (Å²) in [5, 5.41) is 5.35. The van der Waals surface area contributed by atoms with Crippen LogP contribution in [-0.2, 0) is 6.54 Å². The summed E-state index contributed by atoms with van der Waals surface area (Å²) in [6.07, 6.45) is 0. The van der Waals surface area contributed by atoms with E-state index in [4.69, 9.17) is 0 Å². The zero-order valence-electron chi connectivity index (χ0n) is 11.4. The summed E-state index contributed by atoms with van der Waals surface area (Å²) in [7, 11) is 0. The molecule has 0 fully saturated rings. The molecule has 0 atom stereocenters. The van der Waals surface area contributed by atoms with E-state index in [1.807, 2.05) is 13.8 Å². The predicted molar refractivity (Wildman–Crippen MR) is 74.2 cm³/mol. The zero-order chi connectivity index (χ0) is 14.7. The van der Waals surface area contributed by atoms with Crippen LogP contribution in [0.1, 0.15) is 13.8 Å². The van der Waals surface area contributed by atoms with Crippen molar-refractivity contribution in [1.82, 2.24) is 20.2 Å².